The maximum atomic E-state index is 12.5. The molecule has 1 aliphatic rings. The van der Waals surface area contributed by atoms with E-state index in [2.05, 4.69) is 37.3 Å². The number of benzene rings is 1. The third kappa shape index (κ3) is 3.99. The van der Waals surface area contributed by atoms with Crippen LogP contribution in [0, 0.1) is 0 Å². The highest BCUT2D eigenvalue weighted by molar-refractivity contribution is 5.78. The number of nitrogens with one attached hydrogen (secondary N) is 2. The van der Waals surface area contributed by atoms with Crippen molar-refractivity contribution in [2.45, 2.75) is 26.1 Å². The van der Waals surface area contributed by atoms with E-state index in [4.69, 9.17) is 0 Å². The number of carbonyl (C=O) groups is 1. The number of hydrogen-bond donors (Lipinski definition) is 2. The first-order chi connectivity index (χ1) is 13.6. The number of carbonyl (C=O) groups excluding carboxylic acids is 1. The third-order valence-corrected chi connectivity index (χ3v) is 4.76. The first-order valence-electron chi connectivity index (χ1n) is 9.19. The van der Waals surface area contributed by atoms with Gasteiger partial charge in [-0.1, -0.05) is 30.3 Å². The van der Waals surface area contributed by atoms with Crippen LogP contribution in [0.15, 0.2) is 59.5 Å². The van der Waals surface area contributed by atoms with E-state index in [1.54, 1.807) is 18.3 Å². The highest BCUT2D eigenvalue weighted by atomic mass is 16.2. The monoisotopic (exact) mass is 375 g/mol. The van der Waals surface area contributed by atoms with Crippen LogP contribution in [0.1, 0.15) is 29.8 Å². The highest BCUT2D eigenvalue weighted by Crippen LogP contribution is 2.21. The van der Waals surface area contributed by atoms with Crippen molar-refractivity contribution >= 4 is 5.91 Å². The molecule has 1 aliphatic heterocycles. The minimum absolute atomic E-state index is 0.0956. The zero-order valence-corrected chi connectivity index (χ0v) is 15.6. The molecule has 0 fully saturated rings. The number of H-pyrrole nitrogens is 1. The van der Waals surface area contributed by atoms with Crippen molar-refractivity contribution in [2.24, 2.45) is 0 Å². The first kappa shape index (κ1) is 18.1. The Kier molecular flexibility index (Phi) is 4.99. The topological polar surface area (TPSA) is 91.0 Å². The molecule has 2 N–H and O–H groups in total. The van der Waals surface area contributed by atoms with E-state index in [1.165, 1.54) is 17.2 Å². The number of nitrogens with zero attached hydrogens (tertiary/aromatic N) is 3. The van der Waals surface area contributed by atoms with Gasteiger partial charge in [-0.2, -0.15) is 0 Å². The van der Waals surface area contributed by atoms with Crippen LogP contribution in [-0.2, 0) is 17.9 Å². The molecular weight excluding hydrogens is 354 g/mol. The van der Waals surface area contributed by atoms with Gasteiger partial charge in [0.1, 0.15) is 5.69 Å². The number of pyridine rings is 1. The first-order valence-corrected chi connectivity index (χ1v) is 9.19. The minimum atomic E-state index is -0.387. The summed E-state index contributed by atoms with van der Waals surface area (Å²) in [7, 11) is 0. The normalized spacial score (nSPS) is 14.5. The molecule has 0 aliphatic carbocycles. The molecule has 0 saturated carbocycles. The summed E-state index contributed by atoms with van der Waals surface area (Å²) >= 11 is 0. The van der Waals surface area contributed by atoms with E-state index < -0.39 is 0 Å². The molecule has 1 aromatic carbocycles. The maximum Gasteiger partial charge on any atom is 0.251 e. The molecule has 0 saturated heterocycles. The van der Waals surface area contributed by atoms with Crippen LogP contribution < -0.4 is 10.9 Å². The quantitative estimate of drug-likeness (QED) is 0.712. The lowest BCUT2D eigenvalue weighted by atomic mass is 10.1. The summed E-state index contributed by atoms with van der Waals surface area (Å²) in [6.45, 7) is 3.66. The molecule has 3 heterocycles. The summed E-state index contributed by atoms with van der Waals surface area (Å²) in [5, 5.41) is 2.94. The van der Waals surface area contributed by atoms with Gasteiger partial charge < -0.3 is 10.3 Å². The number of hydrogen-bond acceptors (Lipinski definition) is 5. The molecule has 28 heavy (non-hydrogen) atoms. The Morgan fingerprint density at radius 1 is 1.18 bits per heavy atom. The van der Waals surface area contributed by atoms with Gasteiger partial charge in [0.05, 0.1) is 18.3 Å². The van der Waals surface area contributed by atoms with Gasteiger partial charge in [-0.3, -0.25) is 19.5 Å². The van der Waals surface area contributed by atoms with Crippen molar-refractivity contribution in [2.75, 3.05) is 6.54 Å². The third-order valence-electron chi connectivity index (χ3n) is 4.76. The summed E-state index contributed by atoms with van der Waals surface area (Å²) in [6.07, 6.45) is 1.64. The van der Waals surface area contributed by atoms with E-state index in [9.17, 15) is 9.59 Å². The molecule has 0 unspecified atom stereocenters. The van der Waals surface area contributed by atoms with E-state index >= 15 is 0 Å². The largest absolute Gasteiger partial charge is 0.347 e. The minimum Gasteiger partial charge on any atom is -0.347 e. The zero-order chi connectivity index (χ0) is 19.5. The fraction of sp³-hybridized carbons (Fsp3) is 0.238. The highest BCUT2D eigenvalue weighted by Gasteiger charge is 2.21. The van der Waals surface area contributed by atoms with Gasteiger partial charge in [-0.15, -0.1) is 0 Å². The molecule has 4 rings (SSSR count). The number of rotatable bonds is 5. The summed E-state index contributed by atoms with van der Waals surface area (Å²) in [4.78, 5) is 38.0. The molecule has 0 radical (unpaired) electrons. The SMILES string of the molecule is C[C@H](NC(=O)CN1Cc2ccccc2C1)c1cc(=O)[nH]c(-c2ccccn2)n1. The molecule has 1 amide bonds. The lowest BCUT2D eigenvalue weighted by molar-refractivity contribution is -0.123. The van der Waals surface area contributed by atoms with Crippen LogP contribution in [0.3, 0.4) is 0 Å². The Morgan fingerprint density at radius 3 is 2.57 bits per heavy atom. The summed E-state index contributed by atoms with van der Waals surface area (Å²) < 4.78 is 0. The van der Waals surface area contributed by atoms with Crippen molar-refractivity contribution in [3.63, 3.8) is 0 Å². The van der Waals surface area contributed by atoms with Crippen molar-refractivity contribution in [1.82, 2.24) is 25.2 Å². The summed E-state index contributed by atoms with van der Waals surface area (Å²) in [6, 6.07) is 14.6. The average Bonchev–Trinajstić information content (AvgIpc) is 3.10. The summed E-state index contributed by atoms with van der Waals surface area (Å²) in [5.74, 6) is 0.293. The average molecular weight is 375 g/mol. The van der Waals surface area contributed by atoms with Crippen molar-refractivity contribution < 1.29 is 4.79 Å². The predicted molar refractivity (Wildman–Crippen MR) is 105 cm³/mol. The van der Waals surface area contributed by atoms with E-state index in [1.807, 2.05) is 25.1 Å². The molecule has 2 aromatic heterocycles. The second-order valence-corrected chi connectivity index (χ2v) is 6.94. The van der Waals surface area contributed by atoms with Crippen molar-refractivity contribution in [1.29, 1.82) is 0 Å². The lowest BCUT2D eigenvalue weighted by Crippen LogP contribution is -2.36. The van der Waals surface area contributed by atoms with Crippen LogP contribution in [0.5, 0.6) is 0 Å². The van der Waals surface area contributed by atoms with Crippen LogP contribution >= 0.6 is 0 Å². The van der Waals surface area contributed by atoms with E-state index in [0.717, 1.165) is 13.1 Å². The van der Waals surface area contributed by atoms with Gasteiger partial charge in [0.15, 0.2) is 5.82 Å². The second-order valence-electron chi connectivity index (χ2n) is 6.94. The van der Waals surface area contributed by atoms with Gasteiger partial charge in [-0.25, -0.2) is 4.98 Å². The van der Waals surface area contributed by atoms with Gasteiger partial charge in [-0.05, 0) is 30.2 Å². The van der Waals surface area contributed by atoms with Crippen LogP contribution in [-0.4, -0.2) is 32.3 Å². The molecule has 3 aromatic rings. The molecule has 0 bridgehead atoms. The summed E-state index contributed by atoms with van der Waals surface area (Å²) in [5.41, 5.74) is 3.33. The molecule has 1 atom stereocenters. The Balaban J connectivity index is 1.42. The zero-order valence-electron chi connectivity index (χ0n) is 15.6. The number of aromatic amines is 1. The predicted octanol–water partition coefficient (Wildman–Crippen LogP) is 2.02. The molecule has 0 spiro atoms. The van der Waals surface area contributed by atoms with Gasteiger partial charge in [0.25, 0.3) is 5.56 Å². The Hall–Kier alpha value is -3.32. The molecule has 7 heteroatoms. The lowest BCUT2D eigenvalue weighted by Gasteiger charge is -2.18. The van der Waals surface area contributed by atoms with Crippen LogP contribution in [0.4, 0.5) is 0 Å². The van der Waals surface area contributed by atoms with E-state index in [0.29, 0.717) is 23.8 Å². The van der Waals surface area contributed by atoms with Gasteiger partial charge in [0.2, 0.25) is 5.91 Å². The fourth-order valence-corrected chi connectivity index (χ4v) is 3.40. The van der Waals surface area contributed by atoms with Gasteiger partial charge >= 0.3 is 0 Å². The smallest absolute Gasteiger partial charge is 0.251 e. The number of aromatic nitrogens is 3. The van der Waals surface area contributed by atoms with Crippen LogP contribution in [0.2, 0.25) is 0 Å². The van der Waals surface area contributed by atoms with E-state index in [-0.39, 0.29) is 17.5 Å². The standard InChI is InChI=1S/C21H21N5O2/c1-14(18-10-19(27)25-21(24-18)17-8-4-5-9-22-17)23-20(28)13-26-11-15-6-2-3-7-16(15)12-26/h2-10,14H,11-13H2,1H3,(H,23,28)(H,24,25,27)/t14-/m0/s1. The van der Waals surface area contributed by atoms with Gasteiger partial charge in [0, 0.05) is 25.4 Å². The van der Waals surface area contributed by atoms with Crippen LogP contribution in [0.25, 0.3) is 11.5 Å². The second kappa shape index (κ2) is 7.74. The molecular formula is C21H21N5O2. The van der Waals surface area contributed by atoms with Crippen molar-refractivity contribution in [3.8, 4) is 11.5 Å². The maximum absolute atomic E-state index is 12.5. The Bertz CT molecular complexity index is 1020. The molecule has 142 valence electrons. The fourth-order valence-electron chi connectivity index (χ4n) is 3.40. The Labute approximate surface area is 162 Å². The number of fused-ring (bicyclic) bond motifs is 1. The molecule has 7 nitrogen and oxygen atoms in total. The Morgan fingerprint density at radius 2 is 1.89 bits per heavy atom. The number of amides is 1. The van der Waals surface area contributed by atoms with Crippen molar-refractivity contribution in [3.05, 3.63) is 81.9 Å².